The topological polar surface area (TPSA) is 109 Å². The number of nitrogens with zero attached hydrogens (tertiary/aromatic N) is 3. The molecule has 0 saturated heterocycles. The number of nitriles is 2. The highest BCUT2D eigenvalue weighted by Crippen LogP contribution is 2.22. The highest BCUT2D eigenvalue weighted by atomic mass is 35.5. The summed E-state index contributed by atoms with van der Waals surface area (Å²) in [4.78, 5) is 27.9. The van der Waals surface area contributed by atoms with Gasteiger partial charge < -0.3 is 15.5 Å². The lowest BCUT2D eigenvalue weighted by Crippen LogP contribution is -2.29. The van der Waals surface area contributed by atoms with Crippen molar-refractivity contribution < 1.29 is 9.59 Å². The monoisotopic (exact) mass is 537 g/mol. The van der Waals surface area contributed by atoms with Crippen molar-refractivity contribution in [3.05, 3.63) is 106 Å². The van der Waals surface area contributed by atoms with Gasteiger partial charge in [0.15, 0.2) is 0 Å². The molecular weight excluding hydrogens is 510 g/mol. The predicted molar refractivity (Wildman–Crippen MR) is 156 cm³/mol. The van der Waals surface area contributed by atoms with E-state index >= 15 is 0 Å². The number of hydrogen-bond acceptors (Lipinski definition) is 5. The van der Waals surface area contributed by atoms with Crippen molar-refractivity contribution in [3.8, 4) is 12.1 Å². The SMILES string of the molecule is Cc1cc(N(CCC#N)CCC#N)ccc1/C=C(\NC(=O)/C=C/c1ccccc1)C(=O)Nc1ccc(Cl)cc1. The zero-order valence-electron chi connectivity index (χ0n) is 21.5. The zero-order chi connectivity index (χ0) is 28.0. The second-order valence-corrected chi connectivity index (χ2v) is 9.03. The summed E-state index contributed by atoms with van der Waals surface area (Å²) in [5.74, 6) is -0.947. The summed E-state index contributed by atoms with van der Waals surface area (Å²) in [7, 11) is 0. The molecule has 3 aromatic rings. The van der Waals surface area contributed by atoms with Crippen LogP contribution in [-0.4, -0.2) is 24.9 Å². The summed E-state index contributed by atoms with van der Waals surface area (Å²) in [5, 5.41) is 24.0. The fourth-order valence-electron chi connectivity index (χ4n) is 3.71. The van der Waals surface area contributed by atoms with Crippen molar-refractivity contribution in [2.45, 2.75) is 19.8 Å². The van der Waals surface area contributed by atoms with Crippen molar-refractivity contribution in [3.63, 3.8) is 0 Å². The Bertz CT molecular complexity index is 1420. The minimum Gasteiger partial charge on any atom is -0.369 e. The maximum atomic E-state index is 13.2. The predicted octanol–water partition coefficient (Wildman–Crippen LogP) is 6.09. The summed E-state index contributed by atoms with van der Waals surface area (Å²) in [6.07, 6.45) is 5.33. The number of halogens is 1. The highest BCUT2D eigenvalue weighted by Gasteiger charge is 2.14. The van der Waals surface area contributed by atoms with Crippen LogP contribution in [0.3, 0.4) is 0 Å². The smallest absolute Gasteiger partial charge is 0.272 e. The molecule has 0 fully saturated rings. The molecule has 0 aliphatic heterocycles. The van der Waals surface area contributed by atoms with Gasteiger partial charge in [0, 0.05) is 35.6 Å². The number of aryl methyl sites for hydroxylation is 1. The summed E-state index contributed by atoms with van der Waals surface area (Å²) in [6.45, 7) is 2.91. The first-order valence-corrected chi connectivity index (χ1v) is 12.7. The Labute approximate surface area is 233 Å². The van der Waals surface area contributed by atoms with E-state index in [1.807, 2.05) is 60.4 Å². The first kappa shape index (κ1) is 28.7. The molecule has 2 N–H and O–H groups in total. The van der Waals surface area contributed by atoms with E-state index in [-0.39, 0.29) is 5.70 Å². The first-order chi connectivity index (χ1) is 18.9. The Balaban J connectivity index is 1.89. The lowest BCUT2D eigenvalue weighted by molar-refractivity contribution is -0.118. The van der Waals surface area contributed by atoms with Gasteiger partial charge in [-0.25, -0.2) is 0 Å². The van der Waals surface area contributed by atoms with Gasteiger partial charge in [-0.05, 0) is 72.2 Å². The average Bonchev–Trinajstić information content (AvgIpc) is 2.94. The van der Waals surface area contributed by atoms with Gasteiger partial charge in [0.25, 0.3) is 5.91 Å². The Morgan fingerprint density at radius 3 is 2.23 bits per heavy atom. The van der Waals surface area contributed by atoms with Gasteiger partial charge in [-0.1, -0.05) is 48.0 Å². The largest absolute Gasteiger partial charge is 0.369 e. The van der Waals surface area contributed by atoms with Crippen molar-refractivity contribution >= 4 is 46.9 Å². The summed E-state index contributed by atoms with van der Waals surface area (Å²) >= 11 is 5.96. The van der Waals surface area contributed by atoms with Crippen LogP contribution in [0.1, 0.15) is 29.5 Å². The van der Waals surface area contributed by atoms with Crippen LogP contribution >= 0.6 is 11.6 Å². The lowest BCUT2D eigenvalue weighted by atomic mass is 10.1. The number of hydrogen-bond donors (Lipinski definition) is 2. The molecular formula is C31H28ClN5O2. The molecule has 0 atom stereocenters. The van der Waals surface area contributed by atoms with Crippen molar-refractivity contribution in [1.29, 1.82) is 10.5 Å². The number of carbonyl (C=O) groups excluding carboxylic acids is 2. The Morgan fingerprint density at radius 1 is 0.949 bits per heavy atom. The van der Waals surface area contributed by atoms with Crippen LogP contribution < -0.4 is 15.5 Å². The fourth-order valence-corrected chi connectivity index (χ4v) is 3.84. The van der Waals surface area contributed by atoms with E-state index in [1.165, 1.54) is 6.08 Å². The molecule has 0 spiro atoms. The van der Waals surface area contributed by atoms with E-state index in [9.17, 15) is 9.59 Å². The van der Waals surface area contributed by atoms with E-state index in [2.05, 4.69) is 22.8 Å². The van der Waals surface area contributed by atoms with E-state index in [0.29, 0.717) is 36.6 Å². The van der Waals surface area contributed by atoms with E-state index in [4.69, 9.17) is 22.1 Å². The van der Waals surface area contributed by atoms with E-state index in [1.54, 1.807) is 36.4 Å². The number of nitrogens with one attached hydrogen (secondary N) is 2. The minimum absolute atomic E-state index is 0.0642. The van der Waals surface area contributed by atoms with Gasteiger partial charge in [0.05, 0.1) is 25.0 Å². The maximum Gasteiger partial charge on any atom is 0.272 e. The van der Waals surface area contributed by atoms with Crippen molar-refractivity contribution in [2.75, 3.05) is 23.3 Å². The van der Waals surface area contributed by atoms with E-state index in [0.717, 1.165) is 22.4 Å². The standard InChI is InChI=1S/C31H28ClN5O2/c1-23-21-28(37(19-5-17-33)20-6-18-34)15-10-25(23)22-29(31(39)35-27-13-11-26(32)12-14-27)36-30(38)16-9-24-7-3-2-4-8-24/h2-4,7-16,21-22H,5-6,19-20H2,1H3,(H,35,39)(H,36,38)/b16-9+,29-22-. The molecule has 0 aliphatic carbocycles. The van der Waals surface area contributed by atoms with Gasteiger partial charge in [-0.3, -0.25) is 9.59 Å². The molecule has 3 aromatic carbocycles. The minimum atomic E-state index is -0.494. The third-order valence-corrected chi connectivity index (χ3v) is 5.99. The van der Waals surface area contributed by atoms with Gasteiger partial charge >= 0.3 is 0 Å². The molecule has 0 heterocycles. The van der Waals surface area contributed by atoms with Crippen LogP contribution in [0.15, 0.2) is 84.6 Å². The molecule has 0 aromatic heterocycles. The van der Waals surface area contributed by atoms with Crippen LogP contribution in [0.2, 0.25) is 5.02 Å². The second-order valence-electron chi connectivity index (χ2n) is 8.60. The molecule has 3 rings (SSSR count). The molecule has 2 amide bonds. The molecule has 0 bridgehead atoms. The Hall–Kier alpha value is -4.85. The first-order valence-electron chi connectivity index (χ1n) is 12.3. The molecule has 8 heteroatoms. The quantitative estimate of drug-likeness (QED) is 0.288. The Kier molecular flexibility index (Phi) is 10.9. The van der Waals surface area contributed by atoms with Crippen molar-refractivity contribution in [2.24, 2.45) is 0 Å². The molecule has 39 heavy (non-hydrogen) atoms. The fraction of sp³-hybridized carbons (Fsp3) is 0.161. The number of amides is 2. The molecule has 7 nitrogen and oxygen atoms in total. The van der Waals surface area contributed by atoms with Gasteiger partial charge in [0.2, 0.25) is 5.91 Å². The summed E-state index contributed by atoms with van der Waals surface area (Å²) < 4.78 is 0. The summed E-state index contributed by atoms with van der Waals surface area (Å²) in [5.41, 5.74) is 3.91. The summed E-state index contributed by atoms with van der Waals surface area (Å²) in [6, 6.07) is 26.0. The molecule has 0 unspecified atom stereocenters. The van der Waals surface area contributed by atoms with Crippen LogP contribution in [0, 0.1) is 29.6 Å². The van der Waals surface area contributed by atoms with Crippen molar-refractivity contribution in [1.82, 2.24) is 5.32 Å². The lowest BCUT2D eigenvalue weighted by Gasteiger charge is -2.23. The highest BCUT2D eigenvalue weighted by molar-refractivity contribution is 6.30. The molecule has 0 aliphatic rings. The molecule has 0 radical (unpaired) electrons. The average molecular weight is 538 g/mol. The third kappa shape index (κ3) is 9.19. The molecule has 0 saturated carbocycles. The van der Waals surface area contributed by atoms with Crippen LogP contribution in [0.25, 0.3) is 12.2 Å². The zero-order valence-corrected chi connectivity index (χ0v) is 22.3. The normalized spacial score (nSPS) is 10.9. The number of benzene rings is 3. The van der Waals surface area contributed by atoms with E-state index < -0.39 is 11.8 Å². The second kappa shape index (κ2) is 14.8. The number of carbonyl (C=O) groups is 2. The number of anilines is 2. The van der Waals surface area contributed by atoms with Crippen LogP contribution in [-0.2, 0) is 9.59 Å². The molecule has 196 valence electrons. The maximum absolute atomic E-state index is 13.2. The Morgan fingerprint density at radius 2 is 1.62 bits per heavy atom. The van der Waals surface area contributed by atoms with Crippen LogP contribution in [0.5, 0.6) is 0 Å². The van der Waals surface area contributed by atoms with Gasteiger partial charge in [0.1, 0.15) is 5.70 Å². The van der Waals surface area contributed by atoms with Gasteiger partial charge in [-0.2, -0.15) is 10.5 Å². The third-order valence-electron chi connectivity index (χ3n) is 5.74. The van der Waals surface area contributed by atoms with Crippen LogP contribution in [0.4, 0.5) is 11.4 Å². The number of rotatable bonds is 11. The van der Waals surface area contributed by atoms with Gasteiger partial charge in [-0.15, -0.1) is 0 Å².